The lowest BCUT2D eigenvalue weighted by Crippen LogP contribution is -2.34. The van der Waals surface area contributed by atoms with E-state index in [0.29, 0.717) is 5.01 Å². The molecule has 0 bridgehead atoms. The van der Waals surface area contributed by atoms with Gasteiger partial charge in [-0.2, -0.15) is 0 Å². The molecular weight excluding hydrogens is 372 g/mol. The van der Waals surface area contributed by atoms with Gasteiger partial charge in [0.15, 0.2) is 0 Å². The van der Waals surface area contributed by atoms with E-state index < -0.39 is 10.0 Å². The first kappa shape index (κ1) is 20.5. The molecule has 0 radical (unpaired) electrons. The fraction of sp³-hybridized carbons (Fsp3) is 0.286. The van der Waals surface area contributed by atoms with Crippen molar-refractivity contribution < 1.29 is 13.2 Å². The van der Waals surface area contributed by atoms with Crippen molar-refractivity contribution in [1.82, 2.24) is 15.0 Å². The molecule has 0 aliphatic rings. The van der Waals surface area contributed by atoms with Crippen molar-refractivity contribution in [3.8, 4) is 0 Å². The Labute approximate surface area is 151 Å². The summed E-state index contributed by atoms with van der Waals surface area (Å²) in [5.41, 5.74) is 6.71. The molecule has 0 fully saturated rings. The summed E-state index contributed by atoms with van der Waals surface area (Å²) in [6.45, 7) is 2.43. The van der Waals surface area contributed by atoms with Crippen LogP contribution in [0.5, 0.6) is 0 Å². The zero-order chi connectivity index (χ0) is 16.9. The van der Waals surface area contributed by atoms with Gasteiger partial charge >= 0.3 is 0 Å². The molecule has 1 heterocycles. The van der Waals surface area contributed by atoms with E-state index in [1.54, 1.807) is 29.6 Å². The number of nitrogens with zero attached hydrogens (tertiary/aromatic N) is 1. The van der Waals surface area contributed by atoms with Gasteiger partial charge in [0, 0.05) is 25.0 Å². The van der Waals surface area contributed by atoms with Crippen molar-refractivity contribution in [3.63, 3.8) is 0 Å². The fourth-order valence-electron chi connectivity index (χ4n) is 1.76. The number of thiazole rings is 1. The maximum Gasteiger partial charge on any atom is 0.270 e. The van der Waals surface area contributed by atoms with Gasteiger partial charge in [-0.1, -0.05) is 17.7 Å². The number of rotatable bonds is 7. The van der Waals surface area contributed by atoms with Gasteiger partial charge in [-0.3, -0.25) is 4.79 Å². The molecule has 1 aromatic heterocycles. The number of hydrogen-bond donors (Lipinski definition) is 3. The average molecular weight is 391 g/mol. The highest BCUT2D eigenvalue weighted by Gasteiger charge is 2.14. The van der Waals surface area contributed by atoms with Gasteiger partial charge in [-0.15, -0.1) is 23.7 Å². The van der Waals surface area contributed by atoms with Crippen molar-refractivity contribution in [2.75, 3.05) is 13.1 Å². The van der Waals surface area contributed by atoms with Crippen molar-refractivity contribution in [2.45, 2.75) is 18.4 Å². The van der Waals surface area contributed by atoms with Crippen molar-refractivity contribution in [1.29, 1.82) is 0 Å². The summed E-state index contributed by atoms with van der Waals surface area (Å²) in [4.78, 5) is 16.1. The lowest BCUT2D eigenvalue weighted by molar-refractivity contribution is 0.0950. The number of amides is 1. The monoisotopic (exact) mass is 390 g/mol. The van der Waals surface area contributed by atoms with Gasteiger partial charge in [-0.05, 0) is 19.1 Å². The standard InChI is InChI=1S/C14H18N4O3S2.ClH/c1-10-2-4-11(5-3-10)23(20,21)17-7-6-16-14(19)12-9-22-13(8-15)18-12;/h2-5,9,17H,6-8,15H2,1H3,(H,16,19);1H. The van der Waals surface area contributed by atoms with Gasteiger partial charge in [0.2, 0.25) is 10.0 Å². The third-order valence-corrected chi connectivity index (χ3v) is 5.34. The maximum absolute atomic E-state index is 12.1. The molecule has 10 heteroatoms. The first-order valence-corrected chi connectivity index (χ1v) is 9.27. The van der Waals surface area contributed by atoms with Gasteiger partial charge < -0.3 is 11.1 Å². The maximum atomic E-state index is 12.1. The van der Waals surface area contributed by atoms with Crippen LogP contribution in [0, 0.1) is 6.92 Å². The highest BCUT2D eigenvalue weighted by molar-refractivity contribution is 7.89. The van der Waals surface area contributed by atoms with Crippen molar-refractivity contribution in [3.05, 3.63) is 45.9 Å². The number of benzene rings is 1. The Morgan fingerprint density at radius 3 is 2.50 bits per heavy atom. The Morgan fingerprint density at radius 2 is 1.92 bits per heavy atom. The zero-order valence-corrected chi connectivity index (χ0v) is 15.4. The largest absolute Gasteiger partial charge is 0.349 e. The molecule has 0 saturated carbocycles. The summed E-state index contributed by atoms with van der Waals surface area (Å²) in [7, 11) is -3.57. The average Bonchev–Trinajstić information content (AvgIpc) is 3.01. The molecule has 1 aromatic carbocycles. The zero-order valence-electron chi connectivity index (χ0n) is 13.0. The molecule has 1 amide bonds. The molecule has 24 heavy (non-hydrogen) atoms. The van der Waals surface area contributed by atoms with E-state index in [-0.39, 0.29) is 48.5 Å². The van der Waals surface area contributed by atoms with Crippen molar-refractivity contribution >= 4 is 39.7 Å². The minimum absolute atomic E-state index is 0. The minimum atomic E-state index is -3.57. The van der Waals surface area contributed by atoms with E-state index in [9.17, 15) is 13.2 Å². The summed E-state index contributed by atoms with van der Waals surface area (Å²) >= 11 is 1.31. The number of sulfonamides is 1. The number of aryl methyl sites for hydroxylation is 1. The number of carbonyl (C=O) groups is 1. The topological polar surface area (TPSA) is 114 Å². The van der Waals surface area contributed by atoms with Crippen molar-refractivity contribution in [2.24, 2.45) is 5.73 Å². The molecule has 0 aliphatic carbocycles. The molecule has 4 N–H and O–H groups in total. The second-order valence-electron chi connectivity index (χ2n) is 4.80. The predicted octanol–water partition coefficient (Wildman–Crippen LogP) is 1.04. The van der Waals surface area contributed by atoms with Gasteiger partial charge in [0.05, 0.1) is 4.90 Å². The van der Waals surface area contributed by atoms with Crippen LogP contribution in [0.2, 0.25) is 0 Å². The first-order chi connectivity index (χ1) is 10.9. The SMILES string of the molecule is Cc1ccc(S(=O)(=O)NCCNC(=O)c2csc(CN)n2)cc1.Cl. The Morgan fingerprint density at radius 1 is 1.25 bits per heavy atom. The van der Waals surface area contributed by atoms with Crippen LogP contribution in [0.15, 0.2) is 34.5 Å². The molecule has 0 atom stereocenters. The molecular formula is C14H19ClN4O3S2. The lowest BCUT2D eigenvalue weighted by Gasteiger charge is -2.07. The molecule has 7 nitrogen and oxygen atoms in total. The first-order valence-electron chi connectivity index (χ1n) is 6.91. The predicted molar refractivity (Wildman–Crippen MR) is 96.0 cm³/mol. The van der Waals surface area contributed by atoms with E-state index in [4.69, 9.17) is 5.73 Å². The summed E-state index contributed by atoms with van der Waals surface area (Å²) in [6.07, 6.45) is 0. The van der Waals surface area contributed by atoms with Crippen LogP contribution in [0.4, 0.5) is 0 Å². The van der Waals surface area contributed by atoms with Crippen LogP contribution in [0.1, 0.15) is 21.1 Å². The molecule has 2 aromatic rings. The Hall–Kier alpha value is -1.52. The second kappa shape index (κ2) is 9.09. The molecule has 2 rings (SSSR count). The van der Waals surface area contributed by atoms with Crippen LogP contribution in [-0.4, -0.2) is 32.4 Å². The number of nitrogens with two attached hydrogens (primary N) is 1. The smallest absolute Gasteiger partial charge is 0.270 e. The van der Waals surface area contributed by atoms with Crippen LogP contribution >= 0.6 is 23.7 Å². The molecule has 0 saturated heterocycles. The Bertz CT molecular complexity index is 776. The number of halogens is 1. The fourth-order valence-corrected chi connectivity index (χ4v) is 3.45. The number of nitrogens with one attached hydrogen (secondary N) is 2. The summed E-state index contributed by atoms with van der Waals surface area (Å²) < 4.78 is 26.5. The highest BCUT2D eigenvalue weighted by Crippen LogP contribution is 2.10. The van der Waals surface area contributed by atoms with E-state index in [1.165, 1.54) is 11.3 Å². The Kier molecular flexibility index (Phi) is 7.77. The second-order valence-corrected chi connectivity index (χ2v) is 7.51. The molecule has 0 unspecified atom stereocenters. The van der Waals surface area contributed by atoms with E-state index in [1.807, 2.05) is 6.92 Å². The van der Waals surface area contributed by atoms with E-state index in [0.717, 1.165) is 5.56 Å². The van der Waals surface area contributed by atoms with Gasteiger partial charge in [-0.25, -0.2) is 18.1 Å². The van der Waals surface area contributed by atoms with E-state index in [2.05, 4.69) is 15.0 Å². The third kappa shape index (κ3) is 5.53. The Balaban J connectivity index is 0.00000288. The number of aromatic nitrogens is 1. The van der Waals surface area contributed by atoms with Crippen LogP contribution in [0.25, 0.3) is 0 Å². The van der Waals surface area contributed by atoms with Crippen LogP contribution in [-0.2, 0) is 16.6 Å². The third-order valence-electron chi connectivity index (χ3n) is 2.99. The quantitative estimate of drug-likeness (QED) is 0.611. The summed E-state index contributed by atoms with van der Waals surface area (Å²) in [5.74, 6) is -0.351. The normalized spacial score (nSPS) is 10.9. The van der Waals surface area contributed by atoms with Crippen LogP contribution < -0.4 is 15.8 Å². The highest BCUT2D eigenvalue weighted by atomic mass is 35.5. The molecule has 0 aliphatic heterocycles. The molecule has 0 spiro atoms. The van der Waals surface area contributed by atoms with Crippen LogP contribution in [0.3, 0.4) is 0 Å². The lowest BCUT2D eigenvalue weighted by atomic mass is 10.2. The van der Waals surface area contributed by atoms with Gasteiger partial charge in [0.1, 0.15) is 10.7 Å². The summed E-state index contributed by atoms with van der Waals surface area (Å²) in [5, 5.41) is 4.90. The van der Waals surface area contributed by atoms with Gasteiger partial charge in [0.25, 0.3) is 5.91 Å². The molecule has 132 valence electrons. The number of carbonyl (C=O) groups excluding carboxylic acids is 1. The summed E-state index contributed by atoms with van der Waals surface area (Å²) in [6, 6.07) is 6.54. The van der Waals surface area contributed by atoms with E-state index >= 15 is 0 Å². The number of hydrogen-bond acceptors (Lipinski definition) is 6. The minimum Gasteiger partial charge on any atom is -0.349 e.